The fourth-order valence-electron chi connectivity index (χ4n) is 3.66. The van der Waals surface area contributed by atoms with Crippen LogP contribution in [0.5, 0.6) is 0 Å². The molecule has 3 aromatic rings. The number of aliphatic hydroxyl groups excluding tert-OH is 1. The van der Waals surface area contributed by atoms with Gasteiger partial charge in [0.25, 0.3) is 0 Å². The number of rotatable bonds is 9. The summed E-state index contributed by atoms with van der Waals surface area (Å²) in [5.74, 6) is -0.303. The zero-order valence-corrected chi connectivity index (χ0v) is 19.1. The molecule has 3 rings (SSSR count). The van der Waals surface area contributed by atoms with Gasteiger partial charge < -0.3 is 14.8 Å². The Bertz CT molecular complexity index is 1100. The average molecular weight is 454 g/mol. The second-order valence-electron chi connectivity index (χ2n) is 7.69. The van der Waals surface area contributed by atoms with E-state index >= 15 is 0 Å². The summed E-state index contributed by atoms with van der Waals surface area (Å²) >= 11 is 0. The van der Waals surface area contributed by atoms with Gasteiger partial charge in [-0.3, -0.25) is 0 Å². The molecule has 0 saturated carbocycles. The van der Waals surface area contributed by atoms with Crippen LogP contribution in [0.15, 0.2) is 48.5 Å². The van der Waals surface area contributed by atoms with E-state index in [0.717, 1.165) is 36.2 Å². The number of carboxylic acids is 1. The number of nitriles is 1. The maximum Gasteiger partial charge on any atom is 0.336 e. The van der Waals surface area contributed by atoms with E-state index in [-0.39, 0.29) is 30.5 Å². The molecule has 0 aliphatic heterocycles. The number of unbranched alkanes of at least 4 members (excludes halogenated alkanes) is 1. The summed E-state index contributed by atoms with van der Waals surface area (Å²) in [6.07, 6.45) is 2.77. The predicted octanol–water partition coefficient (Wildman–Crippen LogP) is 5.03. The van der Waals surface area contributed by atoms with Crippen molar-refractivity contribution in [3.8, 4) is 17.2 Å². The van der Waals surface area contributed by atoms with Crippen molar-refractivity contribution in [3.63, 3.8) is 0 Å². The van der Waals surface area contributed by atoms with Crippen LogP contribution in [-0.4, -0.2) is 32.3 Å². The van der Waals surface area contributed by atoms with Crippen molar-refractivity contribution in [2.75, 3.05) is 6.61 Å². The Hall–Kier alpha value is -3.14. The Morgan fingerprint density at radius 1 is 1.19 bits per heavy atom. The van der Waals surface area contributed by atoms with Crippen molar-refractivity contribution in [1.82, 2.24) is 9.55 Å². The van der Waals surface area contributed by atoms with E-state index in [2.05, 4.69) is 13.0 Å². The molecule has 168 valence electrons. The van der Waals surface area contributed by atoms with Crippen LogP contribution in [0.4, 0.5) is 0 Å². The fourth-order valence-corrected chi connectivity index (χ4v) is 3.66. The third kappa shape index (κ3) is 5.37. The number of carbonyl (C=O) groups is 1. The minimum Gasteiger partial charge on any atom is -0.478 e. The molecule has 1 unspecified atom stereocenters. The van der Waals surface area contributed by atoms with Crippen molar-refractivity contribution in [3.05, 3.63) is 76.9 Å². The topological polar surface area (TPSA) is 99.1 Å². The molecule has 0 aliphatic carbocycles. The number of aromatic nitrogens is 2. The normalized spacial score (nSPS) is 11.4. The number of nitrogens with zero attached hydrogens (tertiary/aromatic N) is 3. The molecular formula is C25H28ClN3O3. The first-order valence-electron chi connectivity index (χ1n) is 10.5. The first-order chi connectivity index (χ1) is 15.0. The molecule has 32 heavy (non-hydrogen) atoms. The molecule has 2 aromatic carbocycles. The first-order valence-corrected chi connectivity index (χ1v) is 10.5. The smallest absolute Gasteiger partial charge is 0.336 e. The van der Waals surface area contributed by atoms with Crippen LogP contribution in [0.25, 0.3) is 11.1 Å². The molecule has 0 saturated heterocycles. The van der Waals surface area contributed by atoms with E-state index in [1.807, 2.05) is 41.8 Å². The van der Waals surface area contributed by atoms with Gasteiger partial charge in [-0.25, -0.2) is 9.78 Å². The number of aliphatic hydroxyl groups is 1. The van der Waals surface area contributed by atoms with Gasteiger partial charge >= 0.3 is 5.97 Å². The highest BCUT2D eigenvalue weighted by molar-refractivity contribution is 5.95. The highest BCUT2D eigenvalue weighted by atomic mass is 35.5. The molecule has 1 atom stereocenters. The van der Waals surface area contributed by atoms with Crippen LogP contribution in [0.1, 0.15) is 65.7 Å². The van der Waals surface area contributed by atoms with Crippen LogP contribution >= 0.6 is 12.4 Å². The quantitative estimate of drug-likeness (QED) is 0.473. The number of imidazole rings is 1. The summed E-state index contributed by atoms with van der Waals surface area (Å²) in [5, 5.41) is 28.8. The van der Waals surface area contributed by atoms with Crippen molar-refractivity contribution >= 4 is 18.4 Å². The molecule has 2 N–H and O–H groups in total. The Labute approximate surface area is 194 Å². The second-order valence-corrected chi connectivity index (χ2v) is 7.69. The number of benzene rings is 2. The van der Waals surface area contributed by atoms with Crippen LogP contribution in [0.2, 0.25) is 0 Å². The van der Waals surface area contributed by atoms with Gasteiger partial charge in [0.1, 0.15) is 17.6 Å². The molecule has 0 radical (unpaired) electrons. The van der Waals surface area contributed by atoms with Gasteiger partial charge in [-0.1, -0.05) is 62.7 Å². The molecule has 1 aromatic heterocycles. The summed E-state index contributed by atoms with van der Waals surface area (Å²) in [6, 6.07) is 16.9. The van der Waals surface area contributed by atoms with E-state index < -0.39 is 5.97 Å². The molecule has 0 spiro atoms. The minimum atomic E-state index is -0.956. The molecule has 0 aliphatic rings. The average Bonchev–Trinajstić information content (AvgIpc) is 3.14. The lowest BCUT2D eigenvalue weighted by molar-refractivity contribution is 0.0697. The third-order valence-electron chi connectivity index (χ3n) is 5.44. The minimum absolute atomic E-state index is 0. The van der Waals surface area contributed by atoms with Crippen LogP contribution in [0.3, 0.4) is 0 Å². The van der Waals surface area contributed by atoms with Gasteiger partial charge in [0.05, 0.1) is 17.9 Å². The molecule has 0 bridgehead atoms. The van der Waals surface area contributed by atoms with E-state index in [1.165, 1.54) is 0 Å². The van der Waals surface area contributed by atoms with E-state index in [1.54, 1.807) is 18.2 Å². The fraction of sp³-hybridized carbons (Fsp3) is 0.320. The Morgan fingerprint density at radius 2 is 1.88 bits per heavy atom. The summed E-state index contributed by atoms with van der Waals surface area (Å²) in [6.45, 7) is 4.42. The molecule has 0 amide bonds. The van der Waals surface area contributed by atoms with Gasteiger partial charge in [0.2, 0.25) is 0 Å². The maximum atomic E-state index is 11.5. The SMILES string of the molecule is CCCCc1nc(C(C)CO)c(C#N)n1Cc1ccc(-c2ccccc2C(=O)O)cc1.Cl. The molecule has 1 heterocycles. The zero-order valence-electron chi connectivity index (χ0n) is 18.3. The molecule has 6 nitrogen and oxygen atoms in total. The van der Waals surface area contributed by atoms with Crippen LogP contribution < -0.4 is 0 Å². The molecular weight excluding hydrogens is 426 g/mol. The number of aryl methyl sites for hydroxylation is 1. The lowest BCUT2D eigenvalue weighted by Gasteiger charge is -2.11. The van der Waals surface area contributed by atoms with Crippen molar-refractivity contribution in [2.45, 2.75) is 45.6 Å². The summed E-state index contributed by atoms with van der Waals surface area (Å²) in [5.41, 5.74) is 3.89. The zero-order chi connectivity index (χ0) is 22.4. The molecule has 0 fully saturated rings. The van der Waals surface area contributed by atoms with Gasteiger partial charge in [-0.2, -0.15) is 5.26 Å². The number of halogens is 1. The number of aromatic carboxylic acids is 1. The number of carboxylic acid groups (broad SMARTS) is 1. The van der Waals surface area contributed by atoms with Crippen LogP contribution in [-0.2, 0) is 13.0 Å². The third-order valence-corrected chi connectivity index (χ3v) is 5.44. The van der Waals surface area contributed by atoms with Crippen LogP contribution in [0, 0.1) is 11.3 Å². The maximum absolute atomic E-state index is 11.5. The van der Waals surface area contributed by atoms with E-state index in [4.69, 9.17) is 4.98 Å². The molecule has 7 heteroatoms. The Balaban J connectivity index is 0.00000363. The van der Waals surface area contributed by atoms with E-state index in [9.17, 15) is 20.3 Å². The van der Waals surface area contributed by atoms with Crippen molar-refractivity contribution in [1.29, 1.82) is 5.26 Å². The lowest BCUT2D eigenvalue weighted by atomic mass is 9.98. The number of hydrogen-bond donors (Lipinski definition) is 2. The predicted molar refractivity (Wildman–Crippen MR) is 126 cm³/mol. The number of hydrogen-bond acceptors (Lipinski definition) is 4. The second kappa shape index (κ2) is 11.5. The van der Waals surface area contributed by atoms with Gasteiger partial charge in [0.15, 0.2) is 0 Å². The summed E-state index contributed by atoms with van der Waals surface area (Å²) in [4.78, 5) is 16.2. The highest BCUT2D eigenvalue weighted by Gasteiger charge is 2.21. The van der Waals surface area contributed by atoms with Gasteiger partial charge in [-0.15, -0.1) is 12.4 Å². The monoisotopic (exact) mass is 453 g/mol. The summed E-state index contributed by atoms with van der Waals surface area (Å²) < 4.78 is 1.94. The summed E-state index contributed by atoms with van der Waals surface area (Å²) in [7, 11) is 0. The Morgan fingerprint density at radius 3 is 2.47 bits per heavy atom. The lowest BCUT2D eigenvalue weighted by Crippen LogP contribution is -2.08. The standard InChI is InChI=1S/C25H27N3O3.ClH/c1-3-4-9-23-27-24(17(2)16-29)22(14-26)28(23)15-18-10-12-19(13-11-18)20-7-5-6-8-21(20)25(30)31;/h5-8,10-13,17,29H,3-4,9,15-16H2,1-2H3,(H,30,31);1H. The Kier molecular flexibility index (Phi) is 9.01. The van der Waals surface area contributed by atoms with Crippen molar-refractivity contribution < 1.29 is 15.0 Å². The highest BCUT2D eigenvalue weighted by Crippen LogP contribution is 2.26. The van der Waals surface area contributed by atoms with E-state index in [0.29, 0.717) is 23.5 Å². The largest absolute Gasteiger partial charge is 0.478 e. The first kappa shape index (κ1) is 25.1. The van der Waals surface area contributed by atoms with Crippen molar-refractivity contribution in [2.24, 2.45) is 0 Å². The van der Waals surface area contributed by atoms with Gasteiger partial charge in [-0.05, 0) is 29.2 Å². The van der Waals surface area contributed by atoms with Gasteiger partial charge in [0, 0.05) is 18.9 Å².